The summed E-state index contributed by atoms with van der Waals surface area (Å²) in [6.07, 6.45) is 1.06. The molecule has 0 spiro atoms. The fraction of sp³-hybridized carbons (Fsp3) is 0.200. The van der Waals surface area contributed by atoms with Crippen LogP contribution in [0.3, 0.4) is 0 Å². The van der Waals surface area contributed by atoms with Crippen molar-refractivity contribution in [1.29, 1.82) is 0 Å². The smallest absolute Gasteiger partial charge is 0.0548 e. The Morgan fingerprint density at radius 2 is 1.94 bits per heavy atom. The Kier molecular flexibility index (Phi) is 4.67. The Labute approximate surface area is 121 Å². The predicted octanol–water partition coefficient (Wildman–Crippen LogP) is 5.28. The highest BCUT2D eigenvalue weighted by Gasteiger charge is 1.99. The zero-order chi connectivity index (χ0) is 13.0. The number of benzene rings is 2. The van der Waals surface area contributed by atoms with Crippen LogP contribution in [0, 0.1) is 0 Å². The Bertz CT molecular complexity index is 540. The van der Waals surface area contributed by atoms with Gasteiger partial charge in [0.05, 0.1) is 5.02 Å². The van der Waals surface area contributed by atoms with Crippen LogP contribution in [0.25, 0.3) is 0 Å². The van der Waals surface area contributed by atoms with E-state index in [1.807, 2.05) is 18.2 Å². The number of hydrogen-bond donors (Lipinski definition) is 1. The first-order chi connectivity index (χ1) is 8.69. The zero-order valence-electron chi connectivity index (χ0n) is 10.2. The van der Waals surface area contributed by atoms with Gasteiger partial charge in [0.1, 0.15) is 0 Å². The van der Waals surface area contributed by atoms with Crippen LogP contribution in [0.15, 0.2) is 46.9 Å². The number of halogens is 2. The van der Waals surface area contributed by atoms with Crippen molar-refractivity contribution in [3.8, 4) is 0 Å². The van der Waals surface area contributed by atoms with Crippen molar-refractivity contribution in [2.75, 3.05) is 5.32 Å². The van der Waals surface area contributed by atoms with Crippen molar-refractivity contribution >= 4 is 33.2 Å². The molecule has 0 aliphatic carbocycles. The summed E-state index contributed by atoms with van der Waals surface area (Å²) < 4.78 is 0.936. The minimum absolute atomic E-state index is 0.742. The van der Waals surface area contributed by atoms with E-state index in [9.17, 15) is 0 Å². The van der Waals surface area contributed by atoms with Crippen LogP contribution in [0.4, 0.5) is 5.69 Å². The molecule has 1 nitrogen and oxygen atoms in total. The molecular formula is C15H15BrClN. The molecule has 2 aromatic rings. The van der Waals surface area contributed by atoms with Gasteiger partial charge >= 0.3 is 0 Å². The summed E-state index contributed by atoms with van der Waals surface area (Å²) in [5, 5.41) is 4.16. The zero-order valence-corrected chi connectivity index (χ0v) is 12.6. The van der Waals surface area contributed by atoms with E-state index in [-0.39, 0.29) is 0 Å². The lowest BCUT2D eigenvalue weighted by molar-refractivity contribution is 1.12. The summed E-state index contributed by atoms with van der Waals surface area (Å²) in [4.78, 5) is 0. The van der Waals surface area contributed by atoms with E-state index >= 15 is 0 Å². The highest BCUT2D eigenvalue weighted by atomic mass is 79.9. The highest BCUT2D eigenvalue weighted by molar-refractivity contribution is 9.10. The third-order valence-electron chi connectivity index (χ3n) is 2.82. The molecule has 0 aliphatic rings. The van der Waals surface area contributed by atoms with Crippen LogP contribution >= 0.6 is 27.5 Å². The molecule has 0 unspecified atom stereocenters. The van der Waals surface area contributed by atoms with E-state index in [4.69, 9.17) is 11.6 Å². The molecule has 0 saturated heterocycles. The number of aryl methyl sites for hydroxylation is 1. The second-order valence-corrected chi connectivity index (χ2v) is 5.42. The summed E-state index contributed by atoms with van der Waals surface area (Å²) in [5.41, 5.74) is 3.70. The van der Waals surface area contributed by atoms with Crippen molar-refractivity contribution < 1.29 is 0 Å². The second kappa shape index (κ2) is 6.26. The molecule has 0 aliphatic heterocycles. The SMILES string of the molecule is CCc1cccc(NCc2ccc(Cl)c(Br)c2)c1. The summed E-state index contributed by atoms with van der Waals surface area (Å²) in [6, 6.07) is 14.5. The quantitative estimate of drug-likeness (QED) is 0.807. The molecule has 3 heteroatoms. The second-order valence-electron chi connectivity index (χ2n) is 4.16. The summed E-state index contributed by atoms with van der Waals surface area (Å²) >= 11 is 9.41. The minimum atomic E-state index is 0.742. The lowest BCUT2D eigenvalue weighted by Crippen LogP contribution is -1.99. The van der Waals surface area contributed by atoms with Gasteiger partial charge in [0.2, 0.25) is 0 Å². The average molecular weight is 325 g/mol. The monoisotopic (exact) mass is 323 g/mol. The normalized spacial score (nSPS) is 10.4. The molecule has 0 fully saturated rings. The summed E-state index contributed by atoms with van der Waals surface area (Å²) in [6.45, 7) is 2.96. The first-order valence-electron chi connectivity index (χ1n) is 5.96. The van der Waals surface area contributed by atoms with Crippen LogP contribution in [0.5, 0.6) is 0 Å². The summed E-state index contributed by atoms with van der Waals surface area (Å²) in [7, 11) is 0. The van der Waals surface area contributed by atoms with E-state index in [0.717, 1.165) is 28.1 Å². The van der Waals surface area contributed by atoms with E-state index < -0.39 is 0 Å². The predicted molar refractivity (Wildman–Crippen MR) is 82.3 cm³/mol. The van der Waals surface area contributed by atoms with Gasteiger partial charge < -0.3 is 5.32 Å². The molecule has 0 amide bonds. The molecular weight excluding hydrogens is 310 g/mol. The maximum Gasteiger partial charge on any atom is 0.0548 e. The fourth-order valence-electron chi connectivity index (χ4n) is 1.75. The Hall–Kier alpha value is -0.990. The molecule has 94 valence electrons. The molecule has 18 heavy (non-hydrogen) atoms. The minimum Gasteiger partial charge on any atom is -0.381 e. The highest BCUT2D eigenvalue weighted by Crippen LogP contribution is 2.23. The van der Waals surface area contributed by atoms with Crippen LogP contribution in [0.2, 0.25) is 5.02 Å². The lowest BCUT2D eigenvalue weighted by atomic mass is 10.1. The van der Waals surface area contributed by atoms with Gasteiger partial charge in [0.15, 0.2) is 0 Å². The molecule has 0 heterocycles. The number of nitrogens with one attached hydrogen (secondary N) is 1. The number of rotatable bonds is 4. The van der Waals surface area contributed by atoms with Crippen LogP contribution in [-0.4, -0.2) is 0 Å². The van der Waals surface area contributed by atoms with Crippen LogP contribution < -0.4 is 5.32 Å². The van der Waals surface area contributed by atoms with Crippen molar-refractivity contribution in [3.63, 3.8) is 0 Å². The van der Waals surface area contributed by atoms with Crippen LogP contribution in [-0.2, 0) is 13.0 Å². The Balaban J connectivity index is 2.04. The standard InChI is InChI=1S/C15H15BrClN/c1-2-11-4-3-5-13(8-11)18-10-12-6-7-15(17)14(16)9-12/h3-9,18H,2,10H2,1H3. The molecule has 2 aromatic carbocycles. The summed E-state index contributed by atoms with van der Waals surface area (Å²) in [5.74, 6) is 0. The van der Waals surface area contributed by atoms with Gasteiger partial charge in [-0.05, 0) is 57.7 Å². The van der Waals surface area contributed by atoms with E-state index in [0.29, 0.717) is 0 Å². The molecule has 0 saturated carbocycles. The molecule has 0 bridgehead atoms. The van der Waals surface area contributed by atoms with Gasteiger partial charge in [-0.3, -0.25) is 0 Å². The van der Waals surface area contributed by atoms with Gasteiger partial charge in [-0.2, -0.15) is 0 Å². The van der Waals surface area contributed by atoms with E-state index in [1.165, 1.54) is 11.1 Å². The molecule has 0 radical (unpaired) electrons. The number of anilines is 1. The molecule has 0 aromatic heterocycles. The van der Waals surface area contributed by atoms with E-state index in [1.54, 1.807) is 0 Å². The van der Waals surface area contributed by atoms with Crippen LogP contribution in [0.1, 0.15) is 18.1 Å². The van der Waals surface area contributed by atoms with Crippen molar-refractivity contribution in [2.45, 2.75) is 19.9 Å². The third kappa shape index (κ3) is 3.50. The topological polar surface area (TPSA) is 12.0 Å². The largest absolute Gasteiger partial charge is 0.381 e. The van der Waals surface area contributed by atoms with E-state index in [2.05, 4.69) is 52.4 Å². The van der Waals surface area contributed by atoms with Gasteiger partial charge in [-0.1, -0.05) is 36.7 Å². The Morgan fingerprint density at radius 3 is 2.67 bits per heavy atom. The van der Waals surface area contributed by atoms with Crippen molar-refractivity contribution in [3.05, 3.63) is 63.1 Å². The van der Waals surface area contributed by atoms with Gasteiger partial charge in [-0.15, -0.1) is 0 Å². The maximum atomic E-state index is 5.97. The first-order valence-corrected chi connectivity index (χ1v) is 7.13. The lowest BCUT2D eigenvalue weighted by Gasteiger charge is -2.08. The van der Waals surface area contributed by atoms with Gasteiger partial charge in [-0.25, -0.2) is 0 Å². The van der Waals surface area contributed by atoms with Crippen molar-refractivity contribution in [1.82, 2.24) is 0 Å². The Morgan fingerprint density at radius 1 is 1.11 bits per heavy atom. The number of hydrogen-bond acceptors (Lipinski definition) is 1. The maximum absolute atomic E-state index is 5.97. The molecule has 1 N–H and O–H groups in total. The fourth-order valence-corrected chi connectivity index (χ4v) is 2.30. The van der Waals surface area contributed by atoms with Gasteiger partial charge in [0, 0.05) is 16.7 Å². The van der Waals surface area contributed by atoms with Gasteiger partial charge in [0.25, 0.3) is 0 Å². The third-order valence-corrected chi connectivity index (χ3v) is 4.03. The average Bonchev–Trinajstić information content (AvgIpc) is 2.40. The molecule has 0 atom stereocenters. The van der Waals surface area contributed by atoms with Crippen molar-refractivity contribution in [2.24, 2.45) is 0 Å². The first kappa shape index (κ1) is 13.4. The molecule has 2 rings (SSSR count).